The number of aromatic nitrogens is 1. The Morgan fingerprint density at radius 3 is 2.79 bits per heavy atom. The van der Waals surface area contributed by atoms with Gasteiger partial charge in [0.1, 0.15) is 5.88 Å². The number of carbonyl (C=O) groups is 1. The molecule has 3 nitrogen and oxygen atoms in total. The van der Waals surface area contributed by atoms with E-state index in [1.165, 1.54) is 21.6 Å². The number of fused-ring (bicyclic) bond motifs is 2. The SMILES string of the molecule is Cc1cc(CN(C(=O)CCl)c2nc3ccccc3c(C)c2F)cc2c1CCC2. The number of hydrogen-bond acceptors (Lipinski definition) is 2. The van der Waals surface area contributed by atoms with Gasteiger partial charge in [0.05, 0.1) is 12.1 Å². The standard InChI is InChI=1S/C23H22ClFN2O/c1-14-10-16(11-17-6-5-8-18(14)17)13-27(21(28)12-24)23-22(25)15(2)19-7-3-4-9-20(19)26-23/h3-4,7,9-11H,5-6,8,12-13H2,1-2H3. The fraction of sp³-hybridized carbons (Fsp3) is 0.304. The van der Waals surface area contributed by atoms with Crippen LogP contribution in [-0.2, 0) is 24.2 Å². The van der Waals surface area contributed by atoms with E-state index < -0.39 is 5.82 Å². The van der Waals surface area contributed by atoms with Gasteiger partial charge in [0.15, 0.2) is 11.6 Å². The molecular formula is C23H22ClFN2O. The fourth-order valence-corrected chi connectivity index (χ4v) is 4.30. The summed E-state index contributed by atoms with van der Waals surface area (Å²) < 4.78 is 15.2. The first-order chi connectivity index (χ1) is 13.5. The molecule has 0 radical (unpaired) electrons. The van der Waals surface area contributed by atoms with Crippen LogP contribution in [0.25, 0.3) is 10.9 Å². The van der Waals surface area contributed by atoms with Crippen molar-refractivity contribution in [2.24, 2.45) is 0 Å². The number of aryl methyl sites for hydroxylation is 3. The average molecular weight is 397 g/mol. The van der Waals surface area contributed by atoms with Gasteiger partial charge in [-0.3, -0.25) is 9.69 Å². The van der Waals surface area contributed by atoms with Gasteiger partial charge >= 0.3 is 0 Å². The number of halogens is 2. The number of amides is 1. The number of alkyl halides is 1. The lowest BCUT2D eigenvalue weighted by Crippen LogP contribution is -2.33. The molecule has 5 heteroatoms. The summed E-state index contributed by atoms with van der Waals surface area (Å²) in [4.78, 5) is 18.5. The highest BCUT2D eigenvalue weighted by Gasteiger charge is 2.24. The largest absolute Gasteiger partial charge is 0.289 e. The summed E-state index contributed by atoms with van der Waals surface area (Å²) in [6.07, 6.45) is 3.31. The second-order valence-electron chi connectivity index (χ2n) is 7.41. The van der Waals surface area contributed by atoms with Crippen LogP contribution >= 0.6 is 11.6 Å². The number of rotatable bonds is 4. The zero-order chi connectivity index (χ0) is 19.8. The number of pyridine rings is 1. The molecule has 0 saturated carbocycles. The van der Waals surface area contributed by atoms with Crippen molar-refractivity contribution in [2.45, 2.75) is 39.7 Å². The first-order valence-corrected chi connectivity index (χ1v) is 10.1. The lowest BCUT2D eigenvalue weighted by molar-refractivity contribution is -0.116. The van der Waals surface area contributed by atoms with Crippen molar-refractivity contribution in [3.8, 4) is 0 Å². The van der Waals surface area contributed by atoms with Crippen LogP contribution in [0.3, 0.4) is 0 Å². The average Bonchev–Trinajstić information content (AvgIpc) is 3.18. The van der Waals surface area contributed by atoms with E-state index >= 15 is 4.39 Å². The lowest BCUT2D eigenvalue weighted by atomic mass is 10.0. The van der Waals surface area contributed by atoms with Crippen molar-refractivity contribution in [1.29, 1.82) is 0 Å². The number of nitrogens with zero attached hydrogens (tertiary/aromatic N) is 2. The molecule has 0 fully saturated rings. The van der Waals surface area contributed by atoms with Gasteiger partial charge in [-0.25, -0.2) is 9.37 Å². The third-order valence-corrected chi connectivity index (χ3v) is 5.80. The Morgan fingerprint density at radius 1 is 1.21 bits per heavy atom. The highest BCUT2D eigenvalue weighted by atomic mass is 35.5. The van der Waals surface area contributed by atoms with E-state index in [1.807, 2.05) is 24.3 Å². The van der Waals surface area contributed by atoms with Gasteiger partial charge in [0.2, 0.25) is 5.91 Å². The molecule has 144 valence electrons. The van der Waals surface area contributed by atoms with E-state index in [4.69, 9.17) is 11.6 Å². The maximum absolute atomic E-state index is 15.2. The molecule has 0 unspecified atom stereocenters. The third-order valence-electron chi connectivity index (χ3n) is 5.57. The van der Waals surface area contributed by atoms with Crippen LogP contribution in [0.15, 0.2) is 36.4 Å². The minimum Gasteiger partial charge on any atom is -0.289 e. The van der Waals surface area contributed by atoms with Crippen LogP contribution in [0, 0.1) is 19.7 Å². The van der Waals surface area contributed by atoms with Gasteiger partial charge in [0.25, 0.3) is 0 Å². The summed E-state index contributed by atoms with van der Waals surface area (Å²) in [7, 11) is 0. The number of anilines is 1. The molecule has 4 rings (SSSR count). The third kappa shape index (κ3) is 3.26. The maximum Gasteiger partial charge on any atom is 0.243 e. The van der Waals surface area contributed by atoms with E-state index in [0.29, 0.717) is 11.1 Å². The van der Waals surface area contributed by atoms with Crippen LogP contribution in [0.5, 0.6) is 0 Å². The second-order valence-corrected chi connectivity index (χ2v) is 7.68. The Kier molecular flexibility index (Phi) is 5.07. The molecule has 1 amide bonds. The van der Waals surface area contributed by atoms with Crippen molar-refractivity contribution in [1.82, 2.24) is 4.98 Å². The van der Waals surface area contributed by atoms with Gasteiger partial charge in [-0.15, -0.1) is 11.6 Å². The molecule has 28 heavy (non-hydrogen) atoms. The molecule has 0 N–H and O–H groups in total. The second kappa shape index (κ2) is 7.51. The molecule has 0 bridgehead atoms. The van der Waals surface area contributed by atoms with E-state index in [2.05, 4.69) is 24.0 Å². The highest BCUT2D eigenvalue weighted by Crippen LogP contribution is 2.30. The monoisotopic (exact) mass is 396 g/mol. The van der Waals surface area contributed by atoms with Crippen molar-refractivity contribution in [3.63, 3.8) is 0 Å². The first-order valence-electron chi connectivity index (χ1n) is 9.52. The summed E-state index contributed by atoms with van der Waals surface area (Å²) in [6, 6.07) is 11.6. The van der Waals surface area contributed by atoms with Crippen LogP contribution < -0.4 is 4.90 Å². The van der Waals surface area contributed by atoms with E-state index in [-0.39, 0.29) is 24.1 Å². The number of benzene rings is 2. The molecular weight excluding hydrogens is 375 g/mol. The van der Waals surface area contributed by atoms with Crippen LogP contribution in [-0.4, -0.2) is 16.8 Å². The molecule has 0 spiro atoms. The number of para-hydroxylation sites is 1. The molecule has 0 atom stereocenters. The summed E-state index contributed by atoms with van der Waals surface area (Å²) in [6.45, 7) is 4.06. The molecule has 0 aliphatic heterocycles. The molecule has 3 aromatic rings. The normalized spacial score (nSPS) is 13.0. The molecule has 1 heterocycles. The zero-order valence-corrected chi connectivity index (χ0v) is 16.8. The summed E-state index contributed by atoms with van der Waals surface area (Å²) in [5.74, 6) is -1.02. The molecule has 2 aromatic carbocycles. The Balaban J connectivity index is 1.80. The van der Waals surface area contributed by atoms with E-state index in [1.54, 1.807) is 6.92 Å². The molecule has 1 aliphatic carbocycles. The molecule has 1 aliphatic rings. The quantitative estimate of drug-likeness (QED) is 0.564. The van der Waals surface area contributed by atoms with Gasteiger partial charge in [-0.2, -0.15) is 0 Å². The molecule has 0 saturated heterocycles. The molecule has 1 aromatic heterocycles. The van der Waals surface area contributed by atoms with Crippen molar-refractivity contribution in [3.05, 3.63) is 70.0 Å². The summed E-state index contributed by atoms with van der Waals surface area (Å²) in [5, 5.41) is 0.746. The van der Waals surface area contributed by atoms with Gasteiger partial charge in [-0.1, -0.05) is 30.3 Å². The van der Waals surface area contributed by atoms with E-state index in [9.17, 15) is 4.79 Å². The zero-order valence-electron chi connectivity index (χ0n) is 16.1. The summed E-state index contributed by atoms with van der Waals surface area (Å²) >= 11 is 5.86. The number of hydrogen-bond donors (Lipinski definition) is 0. The topological polar surface area (TPSA) is 33.2 Å². The smallest absolute Gasteiger partial charge is 0.243 e. The van der Waals surface area contributed by atoms with Crippen molar-refractivity contribution < 1.29 is 9.18 Å². The Hall–Kier alpha value is -2.46. The lowest BCUT2D eigenvalue weighted by Gasteiger charge is -2.23. The minimum absolute atomic E-state index is 0.0417. The predicted octanol–water partition coefficient (Wildman–Crippen LogP) is 5.25. The predicted molar refractivity (Wildman–Crippen MR) is 112 cm³/mol. The summed E-state index contributed by atoms with van der Waals surface area (Å²) in [5.41, 5.74) is 6.09. The Bertz CT molecular complexity index is 1080. The maximum atomic E-state index is 15.2. The van der Waals surface area contributed by atoms with E-state index in [0.717, 1.165) is 30.2 Å². The van der Waals surface area contributed by atoms with Crippen molar-refractivity contribution >= 4 is 34.2 Å². The van der Waals surface area contributed by atoms with Crippen molar-refractivity contribution in [2.75, 3.05) is 10.8 Å². The fourth-order valence-electron chi connectivity index (χ4n) is 4.15. The van der Waals surface area contributed by atoms with Gasteiger partial charge in [0, 0.05) is 5.39 Å². The minimum atomic E-state index is -0.477. The highest BCUT2D eigenvalue weighted by molar-refractivity contribution is 6.29. The van der Waals surface area contributed by atoms with Gasteiger partial charge < -0.3 is 0 Å². The first kappa shape index (κ1) is 18.9. The van der Waals surface area contributed by atoms with Crippen LogP contribution in [0.2, 0.25) is 0 Å². The van der Waals surface area contributed by atoms with Crippen LogP contribution in [0.4, 0.5) is 10.2 Å². The Labute approximate surface area is 169 Å². The number of carbonyl (C=O) groups excluding carboxylic acids is 1. The Morgan fingerprint density at radius 2 is 2.00 bits per heavy atom. The van der Waals surface area contributed by atoms with Gasteiger partial charge in [-0.05, 0) is 67.0 Å². The van der Waals surface area contributed by atoms with Crippen LogP contribution in [0.1, 0.15) is 34.2 Å².